The zero-order chi connectivity index (χ0) is 17.5. The van der Waals surface area contributed by atoms with Crippen molar-refractivity contribution in [3.05, 3.63) is 35.6 Å². The fraction of sp³-hybridized carbons (Fsp3) is 0.556. The predicted molar refractivity (Wildman–Crippen MR) is 91.1 cm³/mol. The first-order valence-corrected chi connectivity index (χ1v) is 8.53. The molecule has 1 heterocycles. The first-order valence-electron chi connectivity index (χ1n) is 8.53. The van der Waals surface area contributed by atoms with Gasteiger partial charge in [0, 0.05) is 31.6 Å². The third-order valence-electron chi connectivity index (χ3n) is 4.12. The number of benzene rings is 1. The molecule has 5 nitrogen and oxygen atoms in total. The number of piperidine rings is 1. The Labute approximate surface area is 142 Å². The minimum atomic E-state index is -0.272. The standard InChI is InChI=1S/C18H26FN3O2/c1-13(2)20-18(24)21-16-8-10-22(11-9-16)17(23)7-6-14-4-3-5-15(19)12-14/h3-5,12-13,16H,6-11H2,1-2H3,(H2,20,21,24). The average Bonchev–Trinajstić information content (AvgIpc) is 2.52. The van der Waals surface area contributed by atoms with Gasteiger partial charge in [-0.05, 0) is 50.8 Å². The summed E-state index contributed by atoms with van der Waals surface area (Å²) in [5.41, 5.74) is 0.838. The summed E-state index contributed by atoms with van der Waals surface area (Å²) in [6, 6.07) is 6.43. The number of amides is 3. The fourth-order valence-electron chi connectivity index (χ4n) is 2.86. The quantitative estimate of drug-likeness (QED) is 0.868. The molecule has 0 unspecified atom stereocenters. The number of hydrogen-bond donors (Lipinski definition) is 2. The van der Waals surface area contributed by atoms with Crippen LogP contribution in [0, 0.1) is 5.82 Å². The highest BCUT2D eigenvalue weighted by molar-refractivity contribution is 5.77. The zero-order valence-corrected chi connectivity index (χ0v) is 14.3. The van der Waals surface area contributed by atoms with Crippen molar-refractivity contribution < 1.29 is 14.0 Å². The van der Waals surface area contributed by atoms with E-state index in [-0.39, 0.29) is 29.8 Å². The number of nitrogens with zero attached hydrogens (tertiary/aromatic N) is 1. The van der Waals surface area contributed by atoms with E-state index in [1.165, 1.54) is 12.1 Å². The van der Waals surface area contributed by atoms with Gasteiger partial charge in [-0.2, -0.15) is 0 Å². The van der Waals surface area contributed by atoms with Crippen molar-refractivity contribution in [2.45, 2.75) is 51.6 Å². The molecule has 3 amide bonds. The van der Waals surface area contributed by atoms with Crippen molar-refractivity contribution >= 4 is 11.9 Å². The van der Waals surface area contributed by atoms with Crippen molar-refractivity contribution in [3.63, 3.8) is 0 Å². The van der Waals surface area contributed by atoms with Crippen LogP contribution in [-0.4, -0.2) is 42.0 Å². The monoisotopic (exact) mass is 335 g/mol. The van der Waals surface area contributed by atoms with E-state index >= 15 is 0 Å². The summed E-state index contributed by atoms with van der Waals surface area (Å²) >= 11 is 0. The molecule has 6 heteroatoms. The van der Waals surface area contributed by atoms with Crippen LogP contribution in [-0.2, 0) is 11.2 Å². The third kappa shape index (κ3) is 5.83. The molecule has 0 aliphatic carbocycles. The summed E-state index contributed by atoms with van der Waals surface area (Å²) in [5, 5.41) is 5.75. The number of rotatable bonds is 5. The van der Waals surface area contributed by atoms with Crippen molar-refractivity contribution in [1.29, 1.82) is 0 Å². The molecule has 0 saturated carbocycles. The summed E-state index contributed by atoms with van der Waals surface area (Å²) in [6.07, 6.45) is 2.45. The number of carbonyl (C=O) groups is 2. The highest BCUT2D eigenvalue weighted by atomic mass is 19.1. The fourth-order valence-corrected chi connectivity index (χ4v) is 2.86. The summed E-state index contributed by atoms with van der Waals surface area (Å²) in [5.74, 6) is -0.184. The number of nitrogens with one attached hydrogen (secondary N) is 2. The SMILES string of the molecule is CC(C)NC(=O)NC1CCN(C(=O)CCc2cccc(F)c2)CC1. The second kappa shape index (κ2) is 8.66. The molecule has 0 atom stereocenters. The molecule has 1 aliphatic rings. The Bertz CT molecular complexity index is 569. The van der Waals surface area contributed by atoms with Gasteiger partial charge in [0.05, 0.1) is 0 Å². The van der Waals surface area contributed by atoms with Crippen molar-refractivity contribution in [2.24, 2.45) is 0 Å². The van der Waals surface area contributed by atoms with Crippen LogP contribution in [0.2, 0.25) is 0 Å². The molecule has 0 spiro atoms. The number of urea groups is 1. The lowest BCUT2D eigenvalue weighted by molar-refractivity contribution is -0.132. The van der Waals surface area contributed by atoms with Gasteiger partial charge in [0.1, 0.15) is 5.82 Å². The summed E-state index contributed by atoms with van der Waals surface area (Å²) in [7, 11) is 0. The Morgan fingerprint density at radius 2 is 2.00 bits per heavy atom. The van der Waals surface area contributed by atoms with Crippen LogP contribution in [0.25, 0.3) is 0 Å². The van der Waals surface area contributed by atoms with Crippen LogP contribution >= 0.6 is 0 Å². The molecule has 132 valence electrons. The van der Waals surface area contributed by atoms with Gasteiger partial charge in [0.25, 0.3) is 0 Å². The van der Waals surface area contributed by atoms with Crippen LogP contribution in [0.4, 0.5) is 9.18 Å². The maximum Gasteiger partial charge on any atom is 0.315 e. The summed E-state index contributed by atoms with van der Waals surface area (Å²) in [4.78, 5) is 25.8. The van der Waals surface area contributed by atoms with Gasteiger partial charge in [-0.15, -0.1) is 0 Å². The van der Waals surface area contributed by atoms with Crippen LogP contribution < -0.4 is 10.6 Å². The number of likely N-dealkylation sites (tertiary alicyclic amines) is 1. The van der Waals surface area contributed by atoms with Crippen LogP contribution in [0.3, 0.4) is 0 Å². The molecule has 2 N–H and O–H groups in total. The number of carbonyl (C=O) groups excluding carboxylic acids is 2. The third-order valence-corrected chi connectivity index (χ3v) is 4.12. The maximum absolute atomic E-state index is 13.1. The van der Waals surface area contributed by atoms with Crippen LogP contribution in [0.1, 0.15) is 38.7 Å². The molecule has 0 bridgehead atoms. The van der Waals surface area contributed by atoms with Gasteiger partial charge in [-0.25, -0.2) is 9.18 Å². The maximum atomic E-state index is 13.1. The smallest absolute Gasteiger partial charge is 0.315 e. The van der Waals surface area contributed by atoms with Crippen LogP contribution in [0.15, 0.2) is 24.3 Å². The van der Waals surface area contributed by atoms with Gasteiger partial charge in [0.2, 0.25) is 5.91 Å². The number of aryl methyl sites for hydroxylation is 1. The molecular weight excluding hydrogens is 309 g/mol. The molecule has 1 aromatic rings. The minimum absolute atomic E-state index is 0.0874. The molecule has 1 saturated heterocycles. The Hall–Kier alpha value is -2.11. The van der Waals surface area contributed by atoms with E-state index in [4.69, 9.17) is 0 Å². The molecular formula is C18H26FN3O2. The lowest BCUT2D eigenvalue weighted by Gasteiger charge is -2.32. The average molecular weight is 335 g/mol. The van der Waals surface area contributed by atoms with Gasteiger partial charge >= 0.3 is 6.03 Å². The second-order valence-corrected chi connectivity index (χ2v) is 6.56. The van der Waals surface area contributed by atoms with Gasteiger partial charge in [-0.3, -0.25) is 4.79 Å². The van der Waals surface area contributed by atoms with Crippen molar-refractivity contribution in [1.82, 2.24) is 15.5 Å². The highest BCUT2D eigenvalue weighted by Crippen LogP contribution is 2.13. The molecule has 0 aromatic heterocycles. The van der Waals surface area contributed by atoms with E-state index in [0.29, 0.717) is 25.9 Å². The van der Waals surface area contributed by atoms with E-state index in [9.17, 15) is 14.0 Å². The second-order valence-electron chi connectivity index (χ2n) is 6.56. The van der Waals surface area contributed by atoms with Gasteiger partial charge in [-0.1, -0.05) is 12.1 Å². The summed E-state index contributed by atoms with van der Waals surface area (Å²) in [6.45, 7) is 5.13. The first kappa shape index (κ1) is 18.2. The number of halogens is 1. The normalized spacial score (nSPS) is 15.4. The van der Waals surface area contributed by atoms with Gasteiger partial charge < -0.3 is 15.5 Å². The Balaban J connectivity index is 1.71. The van der Waals surface area contributed by atoms with E-state index in [0.717, 1.165) is 18.4 Å². The van der Waals surface area contributed by atoms with Gasteiger partial charge in [0.15, 0.2) is 0 Å². The zero-order valence-electron chi connectivity index (χ0n) is 14.3. The van der Waals surface area contributed by atoms with Crippen LogP contribution in [0.5, 0.6) is 0 Å². The molecule has 1 aliphatic heterocycles. The Kier molecular flexibility index (Phi) is 6.58. The predicted octanol–water partition coefficient (Wildman–Crippen LogP) is 2.46. The summed E-state index contributed by atoms with van der Waals surface area (Å²) < 4.78 is 13.1. The Morgan fingerprint density at radius 1 is 1.29 bits per heavy atom. The molecule has 0 radical (unpaired) electrons. The highest BCUT2D eigenvalue weighted by Gasteiger charge is 2.23. The number of hydrogen-bond acceptors (Lipinski definition) is 2. The Morgan fingerprint density at radius 3 is 2.62 bits per heavy atom. The molecule has 1 fully saturated rings. The first-order chi connectivity index (χ1) is 11.4. The topological polar surface area (TPSA) is 61.4 Å². The largest absolute Gasteiger partial charge is 0.343 e. The van der Waals surface area contributed by atoms with E-state index in [2.05, 4.69) is 10.6 Å². The molecule has 1 aromatic carbocycles. The van der Waals surface area contributed by atoms with Crippen molar-refractivity contribution in [2.75, 3.05) is 13.1 Å². The molecule has 2 rings (SSSR count). The lowest BCUT2D eigenvalue weighted by atomic mass is 10.0. The lowest BCUT2D eigenvalue weighted by Crippen LogP contribution is -2.50. The van der Waals surface area contributed by atoms with E-state index < -0.39 is 0 Å². The van der Waals surface area contributed by atoms with E-state index in [1.807, 2.05) is 24.8 Å². The molecule has 24 heavy (non-hydrogen) atoms. The minimum Gasteiger partial charge on any atom is -0.343 e. The van der Waals surface area contributed by atoms with Crippen molar-refractivity contribution in [3.8, 4) is 0 Å². The van der Waals surface area contributed by atoms with E-state index in [1.54, 1.807) is 6.07 Å².